The van der Waals surface area contributed by atoms with Crippen molar-refractivity contribution < 1.29 is 43.7 Å². The fraction of sp³-hybridized carbons (Fsp3) is 0. The summed E-state index contributed by atoms with van der Waals surface area (Å²) in [4.78, 5) is 8.44. The van der Waals surface area contributed by atoms with Gasteiger partial charge in [-0.1, -0.05) is 24.3 Å². The molecule has 0 aliphatic carbocycles. The maximum atomic E-state index is 4.22. The van der Waals surface area contributed by atoms with Crippen molar-refractivity contribution in [1.82, 2.24) is 9.97 Å². The van der Waals surface area contributed by atoms with E-state index in [0.717, 1.165) is 19.5 Å². The predicted molar refractivity (Wildman–Crippen MR) is 60.4 cm³/mol. The van der Waals surface area contributed by atoms with Gasteiger partial charge in [0, 0.05) is 12.4 Å². The molecule has 80 valence electrons. The molecule has 2 rings (SSSR count). The zero-order chi connectivity index (χ0) is 8.93. The Balaban J connectivity index is -0.000000490. The first kappa shape index (κ1) is 22.8. The first-order valence-corrected chi connectivity index (χ1v) is 4.88. The van der Waals surface area contributed by atoms with Crippen LogP contribution in [0.4, 0.5) is 0 Å². The van der Waals surface area contributed by atoms with Crippen LogP contribution in [0.15, 0.2) is 48.8 Å². The van der Waals surface area contributed by atoms with Crippen LogP contribution in [0.3, 0.4) is 0 Å². The Morgan fingerprint density at radius 2 is 1.18 bits per heavy atom. The van der Waals surface area contributed by atoms with E-state index in [1.807, 2.05) is 36.4 Å². The van der Waals surface area contributed by atoms with Gasteiger partial charge in [-0.3, -0.25) is 9.97 Å². The summed E-state index contributed by atoms with van der Waals surface area (Å²) in [6.07, 6.45) is 3.59. The van der Waals surface area contributed by atoms with E-state index in [2.05, 4.69) is 9.97 Å². The number of rotatable bonds is 2. The van der Waals surface area contributed by atoms with E-state index in [0.29, 0.717) is 0 Å². The summed E-state index contributed by atoms with van der Waals surface area (Å²) >= 11 is 0. The molecule has 0 aliphatic heterocycles. The van der Waals surface area contributed by atoms with Crippen LogP contribution in [0.5, 0.6) is 0 Å². The zero-order valence-electron chi connectivity index (χ0n) is 9.42. The summed E-state index contributed by atoms with van der Waals surface area (Å²) < 4.78 is 0. The molecule has 0 fully saturated rings. The van der Waals surface area contributed by atoms with Crippen LogP contribution in [0.1, 0.15) is 0 Å². The fourth-order valence-electron chi connectivity index (χ4n) is 0.957. The topological polar surface area (TPSA) is 25.8 Å². The largest absolute Gasteiger partial charge is 2.00 e. The monoisotopic (exact) mass is 288 g/mol. The smallest absolute Gasteiger partial charge is 1.00 e. The van der Waals surface area contributed by atoms with E-state index in [-0.39, 0.29) is 66.7 Å². The molecule has 0 amide bonds. The molecule has 17 heavy (non-hydrogen) atoms. The summed E-state index contributed by atoms with van der Waals surface area (Å²) in [5.41, 5.74) is 2.06. The number of aromatic nitrogens is 2. The first-order chi connectivity index (χ1) is 6.45. The van der Waals surface area contributed by atoms with Gasteiger partial charge >= 0.3 is 41.9 Å². The van der Waals surface area contributed by atoms with Crippen LogP contribution < -0.4 is 54.5 Å². The van der Waals surface area contributed by atoms with Gasteiger partial charge in [0.15, 0.2) is 0 Å². The Kier molecular flexibility index (Phi) is 17.6. The minimum absolute atomic E-state index is 0. The molecule has 0 N–H and O–H groups in total. The molecule has 0 saturated heterocycles. The molecule has 0 atom stereocenters. The summed E-state index contributed by atoms with van der Waals surface area (Å²) in [5, 5.41) is 0. The molecule has 7 heteroatoms. The molecule has 2 aromatic heterocycles. The van der Waals surface area contributed by atoms with Crippen LogP contribution in [0.25, 0.3) is 0 Å². The number of nitrogens with zero attached hydrogens (tertiary/aromatic N) is 2. The maximum Gasteiger partial charge on any atom is 2.00 e. The van der Waals surface area contributed by atoms with Crippen LogP contribution >= 0.6 is 8.58 Å². The maximum absolute atomic E-state index is 4.22. The second-order valence-electron chi connectivity index (χ2n) is 2.49. The summed E-state index contributed by atoms with van der Waals surface area (Å²) in [6, 6.07) is 11.8. The van der Waals surface area contributed by atoms with E-state index in [1.54, 1.807) is 12.4 Å². The Morgan fingerprint density at radius 3 is 1.47 bits per heavy atom. The molecular weight excluding hydrogens is 281 g/mol. The number of halogens is 2. The molecule has 0 bridgehead atoms. The molecule has 0 saturated carbocycles. The van der Waals surface area contributed by atoms with E-state index in [1.165, 1.54) is 0 Å². The number of hydrogen-bond acceptors (Lipinski definition) is 2. The van der Waals surface area contributed by atoms with Crippen molar-refractivity contribution in [3.63, 3.8) is 0 Å². The van der Waals surface area contributed by atoms with Gasteiger partial charge < -0.3 is 33.4 Å². The summed E-state index contributed by atoms with van der Waals surface area (Å²) in [7, 11) is 1.06. The van der Waals surface area contributed by atoms with Crippen LogP contribution in [-0.4, -0.2) is 33.0 Å². The second kappa shape index (κ2) is 13.1. The quantitative estimate of drug-likeness (QED) is 0.405. The van der Waals surface area contributed by atoms with Gasteiger partial charge in [0.05, 0.1) is 0 Å². The normalized spacial score (nSPS) is 7.53. The molecule has 0 spiro atoms. The van der Waals surface area contributed by atoms with E-state index >= 15 is 0 Å². The van der Waals surface area contributed by atoms with Crippen LogP contribution in [-0.2, 0) is 0 Å². The van der Waals surface area contributed by atoms with Crippen molar-refractivity contribution in [2.75, 3.05) is 0 Å². The van der Waals surface area contributed by atoms with E-state index < -0.39 is 0 Å². The average molecular weight is 289 g/mol. The van der Waals surface area contributed by atoms with Gasteiger partial charge in [-0.2, -0.15) is 0 Å². The predicted octanol–water partition coefficient (Wildman–Crippen LogP) is -8.00. The number of hydrogen-bond donors (Lipinski definition) is 0. The van der Waals surface area contributed by atoms with Gasteiger partial charge in [-0.25, -0.2) is 0 Å². The SMILES string of the molecule is [Cl-].[Cl-].[Li+].[Mg+2].c1ccc([P-]c2ccccn2)nc1. The Labute approximate surface area is 144 Å². The van der Waals surface area contributed by atoms with Crippen molar-refractivity contribution in [1.29, 1.82) is 0 Å². The fourth-order valence-corrected chi connectivity index (χ4v) is 1.76. The molecular formula is C10H8Cl2LiMgN2P. The third kappa shape index (κ3) is 8.40. The van der Waals surface area contributed by atoms with Gasteiger partial charge in [0.2, 0.25) is 0 Å². The number of pyridine rings is 2. The third-order valence-electron chi connectivity index (χ3n) is 1.53. The molecule has 0 unspecified atom stereocenters. The van der Waals surface area contributed by atoms with E-state index in [4.69, 9.17) is 0 Å². The molecule has 2 aromatic rings. The second-order valence-corrected chi connectivity index (χ2v) is 3.63. The van der Waals surface area contributed by atoms with Crippen molar-refractivity contribution in [2.24, 2.45) is 0 Å². The van der Waals surface area contributed by atoms with Gasteiger partial charge in [-0.15, -0.1) is 10.9 Å². The first-order valence-electron chi connectivity index (χ1n) is 3.99. The minimum Gasteiger partial charge on any atom is -1.00 e. The molecule has 0 radical (unpaired) electrons. The molecule has 2 nitrogen and oxygen atoms in total. The van der Waals surface area contributed by atoms with Crippen LogP contribution in [0.2, 0.25) is 0 Å². The average Bonchev–Trinajstić information content (AvgIpc) is 2.21. The summed E-state index contributed by atoms with van der Waals surface area (Å²) in [6.45, 7) is 0. The Morgan fingerprint density at radius 1 is 0.765 bits per heavy atom. The Bertz CT molecular complexity index is 343. The molecule has 0 aliphatic rings. The van der Waals surface area contributed by atoms with Crippen molar-refractivity contribution in [3.8, 4) is 0 Å². The van der Waals surface area contributed by atoms with Crippen LogP contribution in [0, 0.1) is 0 Å². The van der Waals surface area contributed by atoms with Crippen molar-refractivity contribution in [3.05, 3.63) is 48.8 Å². The molecule has 0 aromatic carbocycles. The Hall–Kier alpha value is 0.674. The standard InChI is InChI=1S/C10H8N2P.2ClH.Li.Mg/c1-3-7-11-9(5-1)13-10-6-2-4-8-12-10;;;;/h1-8H;2*1H;;/q-1;;;+1;+2/p-2. The van der Waals surface area contributed by atoms with Gasteiger partial charge in [0.25, 0.3) is 0 Å². The zero-order valence-corrected chi connectivity index (χ0v) is 13.2. The van der Waals surface area contributed by atoms with Gasteiger partial charge in [-0.05, 0) is 12.1 Å². The minimum atomic E-state index is 0. The summed E-state index contributed by atoms with van der Waals surface area (Å²) in [5.74, 6) is 0. The van der Waals surface area contributed by atoms with E-state index in [9.17, 15) is 0 Å². The van der Waals surface area contributed by atoms with Gasteiger partial charge in [0.1, 0.15) is 0 Å². The molecule has 2 heterocycles. The third-order valence-corrected chi connectivity index (χ3v) is 2.51. The van der Waals surface area contributed by atoms with Crippen molar-refractivity contribution >= 4 is 42.5 Å². The van der Waals surface area contributed by atoms with Crippen molar-refractivity contribution in [2.45, 2.75) is 0 Å².